The van der Waals surface area contributed by atoms with Gasteiger partial charge in [-0.2, -0.15) is 0 Å². The summed E-state index contributed by atoms with van der Waals surface area (Å²) < 4.78 is 5.42. The Balaban J connectivity index is 2.84. The summed E-state index contributed by atoms with van der Waals surface area (Å²) in [5.74, 6) is 1.84. The Morgan fingerprint density at radius 1 is 1.32 bits per heavy atom. The Labute approximate surface area is 120 Å². The molecule has 108 valence electrons. The maximum atomic E-state index is 5.42. The third-order valence-corrected chi connectivity index (χ3v) is 3.20. The van der Waals surface area contributed by atoms with E-state index in [1.54, 1.807) is 11.8 Å². The molecular formula is C13H24N4OS. The predicted molar refractivity (Wildman–Crippen MR) is 82.4 cm³/mol. The molecule has 0 radical (unpaired) electrons. The van der Waals surface area contributed by atoms with Crippen LogP contribution in [0, 0.1) is 0 Å². The van der Waals surface area contributed by atoms with Crippen LogP contribution in [0.1, 0.15) is 20.8 Å². The SMILES string of the molecule is CCNc1cc(N(CC)CCOCC)nc(SC)n1. The summed E-state index contributed by atoms with van der Waals surface area (Å²) in [5, 5.41) is 4.04. The fourth-order valence-electron chi connectivity index (χ4n) is 1.69. The highest BCUT2D eigenvalue weighted by molar-refractivity contribution is 7.98. The van der Waals surface area contributed by atoms with Crippen LogP contribution in [0.25, 0.3) is 0 Å². The lowest BCUT2D eigenvalue weighted by atomic mass is 10.4. The van der Waals surface area contributed by atoms with E-state index < -0.39 is 0 Å². The largest absolute Gasteiger partial charge is 0.380 e. The molecule has 1 N–H and O–H groups in total. The molecule has 1 aromatic heterocycles. The summed E-state index contributed by atoms with van der Waals surface area (Å²) >= 11 is 1.56. The van der Waals surface area contributed by atoms with Crippen LogP contribution in [-0.2, 0) is 4.74 Å². The van der Waals surface area contributed by atoms with Crippen molar-refractivity contribution in [2.45, 2.75) is 25.9 Å². The molecule has 0 bridgehead atoms. The maximum Gasteiger partial charge on any atom is 0.191 e. The molecule has 1 rings (SSSR count). The lowest BCUT2D eigenvalue weighted by molar-refractivity contribution is 0.154. The zero-order chi connectivity index (χ0) is 14.1. The van der Waals surface area contributed by atoms with Crippen LogP contribution in [0.5, 0.6) is 0 Å². The smallest absolute Gasteiger partial charge is 0.191 e. The van der Waals surface area contributed by atoms with E-state index in [2.05, 4.69) is 34.0 Å². The highest BCUT2D eigenvalue weighted by Gasteiger charge is 2.10. The van der Waals surface area contributed by atoms with Crippen LogP contribution in [0.3, 0.4) is 0 Å². The number of aromatic nitrogens is 2. The fourth-order valence-corrected chi connectivity index (χ4v) is 2.07. The molecule has 1 aromatic rings. The second-order valence-electron chi connectivity index (χ2n) is 3.91. The number of likely N-dealkylation sites (N-methyl/N-ethyl adjacent to an activating group) is 1. The fraction of sp³-hybridized carbons (Fsp3) is 0.692. The van der Waals surface area contributed by atoms with E-state index in [1.807, 2.05) is 19.2 Å². The molecule has 0 saturated heterocycles. The van der Waals surface area contributed by atoms with E-state index in [4.69, 9.17) is 4.74 Å². The van der Waals surface area contributed by atoms with Crippen molar-refractivity contribution in [3.05, 3.63) is 6.07 Å². The number of ether oxygens (including phenoxy) is 1. The van der Waals surface area contributed by atoms with Crippen molar-refractivity contribution in [3.8, 4) is 0 Å². The quantitative estimate of drug-likeness (QED) is 0.427. The standard InChI is InChI=1S/C13H24N4OS/c1-5-14-11-10-12(16-13(15-11)19-4)17(6-2)8-9-18-7-3/h10H,5-9H2,1-4H3,(H,14,15,16). The van der Waals surface area contributed by atoms with Crippen LogP contribution in [0.15, 0.2) is 11.2 Å². The first-order valence-electron chi connectivity index (χ1n) is 6.74. The number of hydrogen-bond acceptors (Lipinski definition) is 6. The molecule has 0 aromatic carbocycles. The molecule has 0 spiro atoms. The summed E-state index contributed by atoms with van der Waals surface area (Å²) in [6.07, 6.45) is 1.99. The van der Waals surface area contributed by atoms with Gasteiger partial charge in [-0.15, -0.1) is 0 Å². The van der Waals surface area contributed by atoms with E-state index >= 15 is 0 Å². The summed E-state index contributed by atoms with van der Waals surface area (Å²) in [5.41, 5.74) is 0. The van der Waals surface area contributed by atoms with Crippen molar-refractivity contribution >= 4 is 23.4 Å². The first-order chi connectivity index (χ1) is 9.24. The van der Waals surface area contributed by atoms with Crippen molar-refractivity contribution in [2.75, 3.05) is 49.3 Å². The molecule has 0 fully saturated rings. The Morgan fingerprint density at radius 3 is 2.68 bits per heavy atom. The average molecular weight is 284 g/mol. The Kier molecular flexibility index (Phi) is 7.59. The summed E-state index contributed by atoms with van der Waals surface area (Å²) in [4.78, 5) is 11.2. The van der Waals surface area contributed by atoms with Gasteiger partial charge in [0, 0.05) is 32.3 Å². The number of nitrogens with zero attached hydrogens (tertiary/aromatic N) is 3. The van der Waals surface area contributed by atoms with Crippen molar-refractivity contribution in [1.82, 2.24) is 9.97 Å². The number of rotatable bonds is 9. The molecule has 6 heteroatoms. The average Bonchev–Trinajstić information content (AvgIpc) is 2.43. The third kappa shape index (κ3) is 5.24. The van der Waals surface area contributed by atoms with Crippen LogP contribution in [-0.4, -0.2) is 49.1 Å². The predicted octanol–water partition coefficient (Wildman–Crippen LogP) is 2.49. The van der Waals surface area contributed by atoms with Gasteiger partial charge in [-0.3, -0.25) is 0 Å². The minimum atomic E-state index is 0.722. The Bertz CT molecular complexity index is 376. The van der Waals surface area contributed by atoms with Gasteiger partial charge in [-0.1, -0.05) is 11.8 Å². The van der Waals surface area contributed by atoms with Crippen molar-refractivity contribution in [2.24, 2.45) is 0 Å². The van der Waals surface area contributed by atoms with Crippen LogP contribution in [0.4, 0.5) is 11.6 Å². The lowest BCUT2D eigenvalue weighted by Crippen LogP contribution is -2.28. The van der Waals surface area contributed by atoms with Crippen molar-refractivity contribution in [3.63, 3.8) is 0 Å². The highest BCUT2D eigenvalue weighted by Crippen LogP contribution is 2.20. The second kappa shape index (κ2) is 8.98. The van der Waals surface area contributed by atoms with Gasteiger partial charge >= 0.3 is 0 Å². The maximum absolute atomic E-state index is 5.42. The molecule has 0 amide bonds. The molecule has 0 unspecified atom stereocenters. The lowest BCUT2D eigenvalue weighted by Gasteiger charge is -2.22. The van der Waals surface area contributed by atoms with Gasteiger partial charge in [0.05, 0.1) is 6.61 Å². The molecule has 0 atom stereocenters. The van der Waals surface area contributed by atoms with Gasteiger partial charge < -0.3 is 15.0 Å². The number of hydrogen-bond donors (Lipinski definition) is 1. The van der Waals surface area contributed by atoms with Crippen LogP contribution < -0.4 is 10.2 Å². The zero-order valence-corrected chi connectivity index (χ0v) is 13.1. The van der Waals surface area contributed by atoms with E-state index in [0.29, 0.717) is 0 Å². The number of nitrogens with one attached hydrogen (secondary N) is 1. The van der Waals surface area contributed by atoms with Crippen molar-refractivity contribution < 1.29 is 4.74 Å². The van der Waals surface area contributed by atoms with E-state index in [-0.39, 0.29) is 0 Å². The van der Waals surface area contributed by atoms with Crippen molar-refractivity contribution in [1.29, 1.82) is 0 Å². The van der Waals surface area contributed by atoms with Crippen LogP contribution in [0.2, 0.25) is 0 Å². The normalized spacial score (nSPS) is 10.5. The Hall–Kier alpha value is -1.01. The monoisotopic (exact) mass is 284 g/mol. The third-order valence-electron chi connectivity index (χ3n) is 2.65. The molecule has 19 heavy (non-hydrogen) atoms. The van der Waals surface area contributed by atoms with Gasteiger partial charge in [0.25, 0.3) is 0 Å². The van der Waals surface area contributed by atoms with Gasteiger partial charge in [-0.05, 0) is 27.0 Å². The van der Waals surface area contributed by atoms with Gasteiger partial charge in [0.1, 0.15) is 11.6 Å². The van der Waals surface area contributed by atoms with E-state index in [9.17, 15) is 0 Å². The highest BCUT2D eigenvalue weighted by atomic mass is 32.2. The molecule has 0 aliphatic carbocycles. The topological polar surface area (TPSA) is 50.3 Å². The summed E-state index contributed by atoms with van der Waals surface area (Å²) in [7, 11) is 0. The summed E-state index contributed by atoms with van der Waals surface area (Å²) in [6.45, 7) is 10.3. The molecule has 0 saturated carbocycles. The number of anilines is 2. The first-order valence-corrected chi connectivity index (χ1v) is 7.97. The molecule has 1 heterocycles. The molecule has 0 aliphatic rings. The minimum Gasteiger partial charge on any atom is -0.380 e. The molecule has 0 aliphatic heterocycles. The Morgan fingerprint density at radius 2 is 2.11 bits per heavy atom. The molecule has 5 nitrogen and oxygen atoms in total. The first kappa shape index (κ1) is 16.0. The van der Waals surface area contributed by atoms with Gasteiger partial charge in [0.2, 0.25) is 0 Å². The number of thioether (sulfide) groups is 1. The van der Waals surface area contributed by atoms with E-state index in [1.165, 1.54) is 0 Å². The van der Waals surface area contributed by atoms with Gasteiger partial charge in [-0.25, -0.2) is 9.97 Å². The minimum absolute atomic E-state index is 0.722. The van der Waals surface area contributed by atoms with Gasteiger partial charge in [0.15, 0.2) is 5.16 Å². The molecular weight excluding hydrogens is 260 g/mol. The second-order valence-corrected chi connectivity index (χ2v) is 4.68. The summed E-state index contributed by atoms with van der Waals surface area (Å²) in [6, 6.07) is 2.00. The van der Waals surface area contributed by atoms with E-state index in [0.717, 1.165) is 49.6 Å². The zero-order valence-electron chi connectivity index (χ0n) is 12.3. The van der Waals surface area contributed by atoms with Crippen LogP contribution >= 0.6 is 11.8 Å².